The number of aliphatic hydroxyl groups is 1. The van der Waals surface area contributed by atoms with Crippen molar-refractivity contribution in [3.63, 3.8) is 0 Å². The summed E-state index contributed by atoms with van der Waals surface area (Å²) in [5, 5.41) is 15.8. The zero-order valence-electron chi connectivity index (χ0n) is 11.3. The molecule has 3 N–H and O–H groups in total. The number of thiophene rings is 1. The second kappa shape index (κ2) is 6.01. The van der Waals surface area contributed by atoms with Crippen LogP contribution in [0.4, 0.5) is 13.2 Å². The first-order valence-corrected chi connectivity index (χ1v) is 7.57. The Kier molecular flexibility index (Phi) is 4.64. The normalized spacial score (nSPS) is 28.7. The van der Waals surface area contributed by atoms with Gasteiger partial charge in [-0.2, -0.15) is 13.2 Å². The molecule has 0 aromatic carbocycles. The maximum absolute atomic E-state index is 13.4. The van der Waals surface area contributed by atoms with Gasteiger partial charge in [-0.25, -0.2) is 0 Å². The summed E-state index contributed by atoms with van der Waals surface area (Å²) >= 11 is 5.89. The van der Waals surface area contributed by atoms with Gasteiger partial charge >= 0.3 is 12.1 Å². The van der Waals surface area contributed by atoms with Crippen molar-refractivity contribution in [1.29, 1.82) is 0 Å². The van der Waals surface area contributed by atoms with Crippen molar-refractivity contribution in [1.82, 2.24) is 10.6 Å². The molecule has 0 unspecified atom stereocenters. The molecule has 1 fully saturated rings. The molecular formula is C12H13F3N2O3S2. The highest BCUT2D eigenvalue weighted by atomic mass is 32.1. The van der Waals surface area contributed by atoms with Gasteiger partial charge in [-0.05, 0) is 30.6 Å². The number of alkyl halides is 3. The van der Waals surface area contributed by atoms with Crippen LogP contribution in [0.3, 0.4) is 0 Å². The minimum Gasteiger partial charge on any atom is -0.466 e. The maximum Gasteiger partial charge on any atom is 0.437 e. The number of ether oxygens (including phenoxy) is 1. The van der Waals surface area contributed by atoms with Crippen LogP contribution in [0.1, 0.15) is 17.8 Å². The highest BCUT2D eigenvalue weighted by Gasteiger charge is 2.66. The van der Waals surface area contributed by atoms with E-state index in [1.54, 1.807) is 22.8 Å². The third-order valence-corrected chi connectivity index (χ3v) is 4.37. The number of nitrogens with one attached hydrogen (secondary N) is 2. The van der Waals surface area contributed by atoms with Crippen LogP contribution in [0.25, 0.3) is 0 Å². The van der Waals surface area contributed by atoms with Crippen LogP contribution >= 0.6 is 23.6 Å². The molecule has 0 aliphatic carbocycles. The second-order valence-corrected chi connectivity index (χ2v) is 5.97. The highest BCUT2D eigenvalue weighted by molar-refractivity contribution is 7.80. The van der Waals surface area contributed by atoms with E-state index in [9.17, 15) is 23.1 Å². The molecule has 2 heterocycles. The molecule has 1 aliphatic heterocycles. The van der Waals surface area contributed by atoms with Crippen molar-refractivity contribution >= 4 is 34.6 Å². The summed E-state index contributed by atoms with van der Waals surface area (Å²) in [6, 6.07) is 2.04. The molecule has 0 saturated carbocycles. The summed E-state index contributed by atoms with van der Waals surface area (Å²) in [5.41, 5.74) is -3.50. The van der Waals surface area contributed by atoms with Crippen molar-refractivity contribution in [3.8, 4) is 0 Å². The zero-order chi connectivity index (χ0) is 16.5. The van der Waals surface area contributed by atoms with E-state index in [2.05, 4.69) is 5.32 Å². The molecule has 0 radical (unpaired) electrons. The summed E-state index contributed by atoms with van der Waals surface area (Å²) in [7, 11) is 0. The van der Waals surface area contributed by atoms with E-state index in [-0.39, 0.29) is 6.61 Å². The van der Waals surface area contributed by atoms with E-state index < -0.39 is 34.9 Å². The molecule has 3 atom stereocenters. The Morgan fingerprint density at radius 3 is 2.77 bits per heavy atom. The van der Waals surface area contributed by atoms with Crippen molar-refractivity contribution in [2.75, 3.05) is 6.61 Å². The Morgan fingerprint density at radius 1 is 1.59 bits per heavy atom. The van der Waals surface area contributed by atoms with Crippen molar-refractivity contribution in [3.05, 3.63) is 22.4 Å². The van der Waals surface area contributed by atoms with Crippen LogP contribution in [-0.2, 0) is 9.53 Å². The van der Waals surface area contributed by atoms with E-state index in [0.29, 0.717) is 4.88 Å². The Labute approximate surface area is 133 Å². The van der Waals surface area contributed by atoms with E-state index >= 15 is 0 Å². The number of hydrogen-bond donors (Lipinski definition) is 3. The van der Waals surface area contributed by atoms with Crippen LogP contribution in [0.15, 0.2) is 17.5 Å². The smallest absolute Gasteiger partial charge is 0.437 e. The molecule has 122 valence electrons. The van der Waals surface area contributed by atoms with E-state index in [1.807, 2.05) is 0 Å². The number of thiocarbonyl (C=S) groups is 1. The third-order valence-electron chi connectivity index (χ3n) is 3.20. The summed E-state index contributed by atoms with van der Waals surface area (Å²) in [6.07, 6.45) is -5.12. The minimum atomic E-state index is -5.12. The molecule has 5 nitrogen and oxygen atoms in total. The van der Waals surface area contributed by atoms with E-state index in [0.717, 1.165) is 11.3 Å². The molecule has 0 spiro atoms. The molecule has 2 rings (SSSR count). The van der Waals surface area contributed by atoms with Gasteiger partial charge in [0.25, 0.3) is 5.72 Å². The zero-order valence-corrected chi connectivity index (χ0v) is 12.9. The molecule has 0 bridgehead atoms. The fraction of sp³-hybridized carbons (Fsp3) is 0.500. The third kappa shape index (κ3) is 2.90. The van der Waals surface area contributed by atoms with Gasteiger partial charge in [0.15, 0.2) is 5.11 Å². The van der Waals surface area contributed by atoms with Crippen LogP contribution < -0.4 is 10.6 Å². The van der Waals surface area contributed by atoms with Gasteiger partial charge in [-0.1, -0.05) is 6.07 Å². The van der Waals surface area contributed by atoms with Gasteiger partial charge in [0.1, 0.15) is 5.92 Å². The summed E-state index contributed by atoms with van der Waals surface area (Å²) in [6.45, 7) is 1.36. The number of halogens is 3. The Hall–Kier alpha value is -1.39. The molecule has 22 heavy (non-hydrogen) atoms. The van der Waals surface area contributed by atoms with Crippen LogP contribution in [0, 0.1) is 5.92 Å². The number of carbonyl (C=O) groups excluding carboxylic acids is 1. The number of rotatable bonds is 3. The topological polar surface area (TPSA) is 70.6 Å². The summed E-state index contributed by atoms with van der Waals surface area (Å²) < 4.78 is 44.8. The molecule has 1 aromatic rings. The number of carbonyl (C=O) groups is 1. The number of hydrogen-bond acceptors (Lipinski definition) is 5. The first-order valence-electron chi connectivity index (χ1n) is 6.28. The van der Waals surface area contributed by atoms with Crippen LogP contribution in [0.2, 0.25) is 0 Å². The Balaban J connectivity index is 2.51. The lowest BCUT2D eigenvalue weighted by Gasteiger charge is -2.45. The fourth-order valence-corrected chi connectivity index (χ4v) is 3.34. The van der Waals surface area contributed by atoms with Gasteiger partial charge in [0.2, 0.25) is 0 Å². The maximum atomic E-state index is 13.4. The molecular weight excluding hydrogens is 341 g/mol. The van der Waals surface area contributed by atoms with Gasteiger partial charge < -0.3 is 20.5 Å². The van der Waals surface area contributed by atoms with Gasteiger partial charge in [-0.15, -0.1) is 11.3 Å². The molecule has 1 saturated heterocycles. The fourth-order valence-electron chi connectivity index (χ4n) is 2.24. The lowest BCUT2D eigenvalue weighted by molar-refractivity contribution is -0.292. The first kappa shape index (κ1) is 17.0. The van der Waals surface area contributed by atoms with Crippen molar-refractivity contribution in [2.24, 2.45) is 5.92 Å². The molecule has 1 aromatic heterocycles. The summed E-state index contributed by atoms with van der Waals surface area (Å²) in [4.78, 5) is 12.5. The summed E-state index contributed by atoms with van der Waals surface area (Å²) in [5.74, 6) is -3.10. The lowest BCUT2D eigenvalue weighted by atomic mass is 9.85. The first-order chi connectivity index (χ1) is 10.2. The van der Waals surface area contributed by atoms with Crippen molar-refractivity contribution in [2.45, 2.75) is 24.9 Å². The van der Waals surface area contributed by atoms with Gasteiger partial charge in [0.05, 0.1) is 12.6 Å². The van der Waals surface area contributed by atoms with E-state index in [1.165, 1.54) is 6.92 Å². The lowest BCUT2D eigenvalue weighted by Crippen LogP contribution is -2.72. The Morgan fingerprint density at radius 2 is 2.27 bits per heavy atom. The minimum absolute atomic E-state index is 0.106. The number of esters is 1. The SMILES string of the molecule is CCOC(=O)[C@@H]1[C@@H](c2cccs2)NC(=S)N[C@@]1(O)C(F)(F)F. The van der Waals surface area contributed by atoms with Crippen LogP contribution in [0.5, 0.6) is 0 Å². The van der Waals surface area contributed by atoms with Gasteiger partial charge in [-0.3, -0.25) is 4.79 Å². The van der Waals surface area contributed by atoms with Gasteiger partial charge in [0, 0.05) is 4.88 Å². The second-order valence-electron chi connectivity index (χ2n) is 4.59. The molecule has 0 amide bonds. The Bertz CT molecular complexity index is 564. The standard InChI is InChI=1S/C12H13F3N2O3S2/c1-2-20-9(18)7-8(6-4-3-5-22-6)16-10(21)17-11(7,19)12(13,14)15/h3-5,7-8,19H,2H2,1H3,(H2,16,17,21)/t7-,8+,11-/m0/s1. The quantitative estimate of drug-likeness (QED) is 0.567. The predicted octanol–water partition coefficient (Wildman–Crippen LogP) is 1.70. The predicted molar refractivity (Wildman–Crippen MR) is 77.1 cm³/mol. The largest absolute Gasteiger partial charge is 0.466 e. The monoisotopic (exact) mass is 354 g/mol. The van der Waals surface area contributed by atoms with Crippen molar-refractivity contribution < 1.29 is 27.8 Å². The van der Waals surface area contributed by atoms with E-state index in [4.69, 9.17) is 17.0 Å². The molecule has 1 aliphatic rings. The molecule has 10 heteroatoms. The van der Waals surface area contributed by atoms with Crippen LogP contribution in [-0.4, -0.2) is 34.7 Å². The average Bonchev–Trinajstić information content (AvgIpc) is 2.90. The highest BCUT2D eigenvalue weighted by Crippen LogP contribution is 2.43. The average molecular weight is 354 g/mol.